The minimum Gasteiger partial charge on any atom is -0.406 e. The van der Waals surface area contributed by atoms with Crippen LogP contribution in [0.1, 0.15) is 38.1 Å². The van der Waals surface area contributed by atoms with Crippen LogP contribution in [0, 0.1) is 0 Å². The maximum absolute atomic E-state index is 5.80. The predicted molar refractivity (Wildman–Crippen MR) is 73.2 cm³/mol. The van der Waals surface area contributed by atoms with E-state index in [2.05, 4.69) is 25.3 Å². The minimum atomic E-state index is 0.108. The Hall–Kier alpha value is -1.14. The van der Waals surface area contributed by atoms with Gasteiger partial charge in [-0.25, -0.2) is 0 Å². The summed E-state index contributed by atoms with van der Waals surface area (Å²) in [6, 6.07) is 1.46. The van der Waals surface area contributed by atoms with E-state index >= 15 is 0 Å². The minimum absolute atomic E-state index is 0.108. The summed E-state index contributed by atoms with van der Waals surface area (Å²) in [6.07, 6.45) is 3.80. The Morgan fingerprint density at radius 3 is 2.95 bits per heavy atom. The van der Waals surface area contributed by atoms with Crippen LogP contribution in [0.5, 0.6) is 0 Å². The average molecular weight is 265 g/mol. The van der Waals surface area contributed by atoms with Gasteiger partial charge in [0, 0.05) is 25.7 Å². The third-order valence-corrected chi connectivity index (χ3v) is 4.31. The normalized spacial score (nSPS) is 26.2. The van der Waals surface area contributed by atoms with Crippen molar-refractivity contribution in [2.24, 2.45) is 0 Å². The Kier molecular flexibility index (Phi) is 3.70. The second-order valence-corrected chi connectivity index (χ2v) is 5.56. The highest BCUT2D eigenvalue weighted by Gasteiger charge is 2.30. The summed E-state index contributed by atoms with van der Waals surface area (Å²) in [4.78, 5) is 4.86. The standard InChI is InChI=1S/C13H23N5O/c1-10(14-2)12-15-16-13(19-12)18-8-4-7-17-6-3-5-11(17)9-18/h10-11,14H,3-9H2,1-2H3. The SMILES string of the molecule is CNC(C)c1nnc(N2CCCN3CCCC3C2)o1. The topological polar surface area (TPSA) is 57.4 Å². The number of rotatable bonds is 3. The van der Waals surface area contributed by atoms with Gasteiger partial charge in [-0.1, -0.05) is 5.10 Å². The summed E-state index contributed by atoms with van der Waals surface area (Å²) in [7, 11) is 1.90. The van der Waals surface area contributed by atoms with Crippen molar-refractivity contribution >= 4 is 6.01 Å². The van der Waals surface area contributed by atoms with Crippen molar-refractivity contribution in [3.63, 3.8) is 0 Å². The molecule has 2 aliphatic rings. The summed E-state index contributed by atoms with van der Waals surface area (Å²) in [6.45, 7) is 6.52. The van der Waals surface area contributed by atoms with Gasteiger partial charge in [-0.15, -0.1) is 5.10 Å². The van der Waals surface area contributed by atoms with E-state index in [0.29, 0.717) is 17.9 Å². The van der Waals surface area contributed by atoms with Crippen molar-refractivity contribution < 1.29 is 4.42 Å². The molecule has 1 N–H and O–H groups in total. The molecule has 0 radical (unpaired) electrons. The van der Waals surface area contributed by atoms with Crippen LogP contribution in [-0.2, 0) is 0 Å². The van der Waals surface area contributed by atoms with Gasteiger partial charge in [-0.2, -0.15) is 0 Å². The van der Waals surface area contributed by atoms with Crippen molar-refractivity contribution in [2.75, 3.05) is 38.1 Å². The molecule has 0 saturated carbocycles. The zero-order chi connectivity index (χ0) is 13.2. The highest BCUT2D eigenvalue weighted by molar-refractivity contribution is 5.25. The van der Waals surface area contributed by atoms with E-state index in [4.69, 9.17) is 4.42 Å². The molecule has 3 rings (SSSR count). The van der Waals surface area contributed by atoms with Crippen LogP contribution in [0.4, 0.5) is 6.01 Å². The maximum atomic E-state index is 5.80. The third kappa shape index (κ3) is 2.60. The zero-order valence-electron chi connectivity index (χ0n) is 11.8. The molecule has 0 aliphatic carbocycles. The fourth-order valence-electron chi connectivity index (χ4n) is 3.03. The second-order valence-electron chi connectivity index (χ2n) is 5.56. The molecule has 1 aromatic heterocycles. The average Bonchev–Trinajstić information content (AvgIpc) is 3.03. The monoisotopic (exact) mass is 265 g/mol. The van der Waals surface area contributed by atoms with Crippen molar-refractivity contribution in [3.05, 3.63) is 5.89 Å². The van der Waals surface area contributed by atoms with E-state index in [1.165, 1.54) is 32.4 Å². The molecule has 2 unspecified atom stereocenters. The number of fused-ring (bicyclic) bond motifs is 1. The lowest BCUT2D eigenvalue weighted by Crippen LogP contribution is -2.36. The quantitative estimate of drug-likeness (QED) is 0.881. The third-order valence-electron chi connectivity index (χ3n) is 4.31. The molecule has 0 aromatic carbocycles. The van der Waals surface area contributed by atoms with Crippen LogP contribution in [0.3, 0.4) is 0 Å². The molecule has 106 valence electrons. The van der Waals surface area contributed by atoms with E-state index in [0.717, 1.165) is 13.1 Å². The Balaban J connectivity index is 1.72. The van der Waals surface area contributed by atoms with Crippen molar-refractivity contribution in [3.8, 4) is 0 Å². The van der Waals surface area contributed by atoms with Gasteiger partial charge in [0.25, 0.3) is 0 Å². The number of nitrogens with one attached hydrogen (secondary N) is 1. The zero-order valence-corrected chi connectivity index (χ0v) is 11.8. The smallest absolute Gasteiger partial charge is 0.318 e. The lowest BCUT2D eigenvalue weighted by molar-refractivity contribution is 0.272. The van der Waals surface area contributed by atoms with E-state index in [9.17, 15) is 0 Å². The van der Waals surface area contributed by atoms with Crippen LogP contribution in [0.15, 0.2) is 4.42 Å². The molecule has 2 aliphatic heterocycles. The number of aromatic nitrogens is 2. The van der Waals surface area contributed by atoms with Gasteiger partial charge in [0.2, 0.25) is 5.89 Å². The van der Waals surface area contributed by atoms with Crippen molar-refractivity contribution in [1.82, 2.24) is 20.4 Å². The van der Waals surface area contributed by atoms with E-state index in [1.807, 2.05) is 14.0 Å². The second kappa shape index (κ2) is 5.46. The molecular formula is C13H23N5O. The summed E-state index contributed by atoms with van der Waals surface area (Å²) in [5.41, 5.74) is 0. The fourth-order valence-corrected chi connectivity index (χ4v) is 3.03. The molecule has 2 fully saturated rings. The Morgan fingerprint density at radius 2 is 2.11 bits per heavy atom. The molecular weight excluding hydrogens is 242 g/mol. The first-order valence-corrected chi connectivity index (χ1v) is 7.27. The van der Waals surface area contributed by atoms with Gasteiger partial charge in [0.1, 0.15) is 0 Å². The summed E-state index contributed by atoms with van der Waals surface area (Å²) in [5.74, 6) is 0.671. The van der Waals surface area contributed by atoms with E-state index in [1.54, 1.807) is 0 Å². The molecule has 6 heteroatoms. The van der Waals surface area contributed by atoms with Gasteiger partial charge in [0.15, 0.2) is 0 Å². The van der Waals surface area contributed by atoms with E-state index < -0.39 is 0 Å². The molecule has 0 spiro atoms. The van der Waals surface area contributed by atoms with Gasteiger partial charge >= 0.3 is 6.01 Å². The van der Waals surface area contributed by atoms with Gasteiger partial charge in [0.05, 0.1) is 6.04 Å². The first-order chi connectivity index (χ1) is 9.28. The molecule has 19 heavy (non-hydrogen) atoms. The van der Waals surface area contributed by atoms with Crippen molar-refractivity contribution in [2.45, 2.75) is 38.3 Å². The van der Waals surface area contributed by atoms with Gasteiger partial charge in [-0.3, -0.25) is 4.90 Å². The lowest BCUT2D eigenvalue weighted by Gasteiger charge is -2.24. The molecule has 0 amide bonds. The van der Waals surface area contributed by atoms with Gasteiger partial charge in [-0.05, 0) is 39.8 Å². The highest BCUT2D eigenvalue weighted by atomic mass is 16.4. The van der Waals surface area contributed by atoms with Crippen molar-refractivity contribution in [1.29, 1.82) is 0 Å². The largest absolute Gasteiger partial charge is 0.406 e. The maximum Gasteiger partial charge on any atom is 0.318 e. The van der Waals surface area contributed by atoms with E-state index in [-0.39, 0.29) is 6.04 Å². The fraction of sp³-hybridized carbons (Fsp3) is 0.846. The first kappa shape index (κ1) is 12.9. The summed E-state index contributed by atoms with van der Waals surface area (Å²) < 4.78 is 5.80. The molecule has 0 bridgehead atoms. The molecule has 2 atom stereocenters. The Bertz CT molecular complexity index is 421. The summed E-state index contributed by atoms with van der Waals surface area (Å²) in [5, 5.41) is 11.5. The summed E-state index contributed by atoms with van der Waals surface area (Å²) >= 11 is 0. The molecule has 6 nitrogen and oxygen atoms in total. The molecule has 3 heterocycles. The highest BCUT2D eigenvalue weighted by Crippen LogP contribution is 2.25. The predicted octanol–water partition coefficient (Wildman–Crippen LogP) is 1.02. The first-order valence-electron chi connectivity index (χ1n) is 7.27. The van der Waals surface area contributed by atoms with Crippen LogP contribution in [0.2, 0.25) is 0 Å². The number of hydrogen-bond acceptors (Lipinski definition) is 6. The molecule has 2 saturated heterocycles. The lowest BCUT2D eigenvalue weighted by atomic mass is 10.2. The van der Waals surface area contributed by atoms with Crippen LogP contribution in [0.25, 0.3) is 0 Å². The number of nitrogens with zero attached hydrogens (tertiary/aromatic N) is 4. The van der Waals surface area contributed by atoms with Crippen LogP contribution in [-0.4, -0.2) is 54.4 Å². The number of anilines is 1. The number of hydrogen-bond donors (Lipinski definition) is 1. The Morgan fingerprint density at radius 1 is 1.26 bits per heavy atom. The molecule has 1 aromatic rings. The van der Waals surface area contributed by atoms with Gasteiger partial charge < -0.3 is 14.6 Å². The van der Waals surface area contributed by atoms with Crippen LogP contribution >= 0.6 is 0 Å². The van der Waals surface area contributed by atoms with Crippen LogP contribution < -0.4 is 10.2 Å². The Labute approximate surface area is 114 Å².